The van der Waals surface area contributed by atoms with Crippen molar-refractivity contribution in [2.75, 3.05) is 10.6 Å². The van der Waals surface area contributed by atoms with E-state index >= 15 is 0 Å². The summed E-state index contributed by atoms with van der Waals surface area (Å²) in [5.41, 5.74) is 3.97. The van der Waals surface area contributed by atoms with Gasteiger partial charge in [0.15, 0.2) is 0 Å². The quantitative estimate of drug-likeness (QED) is 0.641. The lowest BCUT2D eigenvalue weighted by atomic mass is 10.2. The minimum atomic E-state index is 0.490. The molecule has 2 aromatic heterocycles. The van der Waals surface area contributed by atoms with Crippen molar-refractivity contribution in [2.45, 2.75) is 25.8 Å². The van der Waals surface area contributed by atoms with Gasteiger partial charge in [-0.05, 0) is 49.6 Å². The standard InChI is InChI=1S/C19H18BrN5/c1-12-15(20)5-2-6-16(12)23-18-10-17(13-4-3-9-21-11-13)24-19(25-18)22-14-7-8-14/h2-6,9-11,14H,7-8H2,1H3,(H2,22,23,24,25). The highest BCUT2D eigenvalue weighted by Gasteiger charge is 2.22. The Bertz CT molecular complexity index is 894. The van der Waals surface area contributed by atoms with Gasteiger partial charge in [-0.15, -0.1) is 0 Å². The van der Waals surface area contributed by atoms with Crippen LogP contribution < -0.4 is 10.6 Å². The number of benzene rings is 1. The van der Waals surface area contributed by atoms with Crippen LogP contribution in [0.3, 0.4) is 0 Å². The SMILES string of the molecule is Cc1c(Br)cccc1Nc1cc(-c2cccnc2)nc(NC2CC2)n1. The minimum Gasteiger partial charge on any atom is -0.351 e. The molecule has 0 aliphatic heterocycles. The van der Waals surface area contributed by atoms with Crippen LogP contribution >= 0.6 is 15.9 Å². The molecule has 3 aromatic rings. The summed E-state index contributed by atoms with van der Waals surface area (Å²) in [7, 11) is 0. The van der Waals surface area contributed by atoms with Crippen LogP contribution in [0.25, 0.3) is 11.3 Å². The summed E-state index contributed by atoms with van der Waals surface area (Å²) in [5, 5.41) is 6.80. The van der Waals surface area contributed by atoms with E-state index in [9.17, 15) is 0 Å². The average molecular weight is 396 g/mol. The fourth-order valence-corrected chi connectivity index (χ4v) is 2.90. The second-order valence-corrected chi connectivity index (χ2v) is 7.01. The maximum atomic E-state index is 4.65. The average Bonchev–Trinajstić information content (AvgIpc) is 3.43. The van der Waals surface area contributed by atoms with Crippen molar-refractivity contribution in [2.24, 2.45) is 0 Å². The molecule has 0 atom stereocenters. The van der Waals surface area contributed by atoms with Crippen LogP contribution in [0.5, 0.6) is 0 Å². The van der Waals surface area contributed by atoms with E-state index in [-0.39, 0.29) is 0 Å². The van der Waals surface area contributed by atoms with Crippen molar-refractivity contribution in [1.82, 2.24) is 15.0 Å². The largest absolute Gasteiger partial charge is 0.351 e. The second-order valence-electron chi connectivity index (χ2n) is 6.16. The lowest BCUT2D eigenvalue weighted by Crippen LogP contribution is -2.08. The number of hydrogen-bond acceptors (Lipinski definition) is 5. The van der Waals surface area contributed by atoms with Gasteiger partial charge in [-0.3, -0.25) is 4.98 Å². The molecule has 2 heterocycles. The number of aromatic nitrogens is 3. The molecule has 0 radical (unpaired) electrons. The van der Waals surface area contributed by atoms with Crippen molar-refractivity contribution in [3.63, 3.8) is 0 Å². The second kappa shape index (κ2) is 6.80. The Morgan fingerprint density at radius 3 is 2.76 bits per heavy atom. The van der Waals surface area contributed by atoms with E-state index in [1.807, 2.05) is 42.6 Å². The highest BCUT2D eigenvalue weighted by Crippen LogP contribution is 2.29. The van der Waals surface area contributed by atoms with Crippen LogP contribution in [0.4, 0.5) is 17.5 Å². The molecule has 0 saturated heterocycles. The Hall–Kier alpha value is -2.47. The van der Waals surface area contributed by atoms with Gasteiger partial charge in [0, 0.05) is 40.2 Å². The number of anilines is 3. The number of nitrogens with zero attached hydrogens (tertiary/aromatic N) is 3. The van der Waals surface area contributed by atoms with Crippen molar-refractivity contribution >= 4 is 33.4 Å². The van der Waals surface area contributed by atoms with Crippen LogP contribution in [0.15, 0.2) is 53.3 Å². The summed E-state index contributed by atoms with van der Waals surface area (Å²) in [6.07, 6.45) is 5.93. The third-order valence-electron chi connectivity index (χ3n) is 4.12. The maximum absolute atomic E-state index is 4.65. The Morgan fingerprint density at radius 2 is 2.00 bits per heavy atom. The molecule has 2 N–H and O–H groups in total. The minimum absolute atomic E-state index is 0.490. The van der Waals surface area contributed by atoms with Crippen molar-refractivity contribution < 1.29 is 0 Å². The van der Waals surface area contributed by atoms with Crippen LogP contribution in [0.1, 0.15) is 18.4 Å². The van der Waals surface area contributed by atoms with Gasteiger partial charge in [0.25, 0.3) is 0 Å². The molecule has 6 heteroatoms. The molecule has 126 valence electrons. The molecular weight excluding hydrogens is 378 g/mol. The van der Waals surface area contributed by atoms with E-state index in [1.54, 1.807) is 6.20 Å². The van der Waals surface area contributed by atoms with Crippen molar-refractivity contribution in [1.29, 1.82) is 0 Å². The summed E-state index contributed by atoms with van der Waals surface area (Å²) in [5.74, 6) is 1.41. The highest BCUT2D eigenvalue weighted by atomic mass is 79.9. The Balaban J connectivity index is 1.71. The van der Waals surface area contributed by atoms with Gasteiger partial charge >= 0.3 is 0 Å². The van der Waals surface area contributed by atoms with Crippen LogP contribution in [-0.4, -0.2) is 21.0 Å². The fraction of sp³-hybridized carbons (Fsp3) is 0.211. The van der Waals surface area contributed by atoms with E-state index in [0.717, 1.165) is 32.8 Å². The van der Waals surface area contributed by atoms with Gasteiger partial charge in [0.1, 0.15) is 5.82 Å². The molecule has 1 aliphatic carbocycles. The molecule has 25 heavy (non-hydrogen) atoms. The van der Waals surface area contributed by atoms with Crippen LogP contribution in [0.2, 0.25) is 0 Å². The van der Waals surface area contributed by atoms with Crippen LogP contribution in [0, 0.1) is 6.92 Å². The van der Waals surface area contributed by atoms with E-state index in [2.05, 4.69) is 48.4 Å². The molecular formula is C19H18BrN5. The summed E-state index contributed by atoms with van der Waals surface area (Å²) in [6, 6.07) is 12.4. The molecule has 1 fully saturated rings. The zero-order valence-corrected chi connectivity index (χ0v) is 15.4. The Morgan fingerprint density at radius 1 is 1.12 bits per heavy atom. The zero-order chi connectivity index (χ0) is 17.2. The predicted molar refractivity (Wildman–Crippen MR) is 104 cm³/mol. The number of hydrogen-bond donors (Lipinski definition) is 2. The lowest BCUT2D eigenvalue weighted by molar-refractivity contribution is 1.06. The van der Waals surface area contributed by atoms with E-state index < -0.39 is 0 Å². The number of rotatable bonds is 5. The molecule has 0 bridgehead atoms. The van der Waals surface area contributed by atoms with Gasteiger partial charge in [0.2, 0.25) is 5.95 Å². The van der Waals surface area contributed by atoms with Crippen LogP contribution in [-0.2, 0) is 0 Å². The predicted octanol–water partition coefficient (Wildman–Crippen LogP) is 4.93. The summed E-state index contributed by atoms with van der Waals surface area (Å²) in [6.45, 7) is 2.07. The van der Waals surface area contributed by atoms with Crippen molar-refractivity contribution in [3.05, 3.63) is 58.8 Å². The summed E-state index contributed by atoms with van der Waals surface area (Å²) < 4.78 is 1.07. The first-order valence-electron chi connectivity index (χ1n) is 8.27. The van der Waals surface area contributed by atoms with E-state index in [0.29, 0.717) is 12.0 Å². The molecule has 5 nitrogen and oxygen atoms in total. The first-order valence-corrected chi connectivity index (χ1v) is 9.06. The number of pyridine rings is 1. The molecule has 1 aliphatic rings. The molecule has 4 rings (SSSR count). The maximum Gasteiger partial charge on any atom is 0.225 e. The first-order chi connectivity index (χ1) is 12.2. The lowest BCUT2D eigenvalue weighted by Gasteiger charge is -2.13. The Labute approximate surface area is 155 Å². The van der Waals surface area contributed by atoms with Gasteiger partial charge in [-0.25, -0.2) is 4.98 Å². The summed E-state index contributed by atoms with van der Waals surface area (Å²) >= 11 is 3.57. The molecule has 0 unspecified atom stereocenters. The first kappa shape index (κ1) is 16.0. The molecule has 1 aromatic carbocycles. The third-order valence-corrected chi connectivity index (χ3v) is 4.98. The topological polar surface area (TPSA) is 62.7 Å². The zero-order valence-electron chi connectivity index (χ0n) is 13.8. The third kappa shape index (κ3) is 3.79. The van der Waals surface area contributed by atoms with E-state index in [1.165, 1.54) is 12.8 Å². The number of halogens is 1. The van der Waals surface area contributed by atoms with Gasteiger partial charge < -0.3 is 10.6 Å². The fourth-order valence-electron chi connectivity index (χ4n) is 2.53. The Kier molecular flexibility index (Phi) is 4.36. The van der Waals surface area contributed by atoms with Gasteiger partial charge in [-0.2, -0.15) is 4.98 Å². The molecule has 0 spiro atoms. The summed E-state index contributed by atoms with van der Waals surface area (Å²) in [4.78, 5) is 13.5. The normalized spacial score (nSPS) is 13.5. The number of nitrogens with one attached hydrogen (secondary N) is 2. The molecule has 0 amide bonds. The smallest absolute Gasteiger partial charge is 0.225 e. The molecule has 1 saturated carbocycles. The van der Waals surface area contributed by atoms with E-state index in [4.69, 9.17) is 0 Å². The van der Waals surface area contributed by atoms with Crippen molar-refractivity contribution in [3.8, 4) is 11.3 Å². The van der Waals surface area contributed by atoms with Gasteiger partial charge in [0.05, 0.1) is 5.69 Å². The van der Waals surface area contributed by atoms with Gasteiger partial charge in [-0.1, -0.05) is 22.0 Å². The highest BCUT2D eigenvalue weighted by molar-refractivity contribution is 9.10. The monoisotopic (exact) mass is 395 g/mol.